The maximum absolute atomic E-state index is 11.4. The van der Waals surface area contributed by atoms with Gasteiger partial charge < -0.3 is 10.1 Å². The fraction of sp³-hybridized carbons (Fsp3) is 0.0952. The highest BCUT2D eigenvalue weighted by atomic mass is 16.5. The Bertz CT molecular complexity index is 613. The molecule has 0 aliphatic carbocycles. The lowest BCUT2D eigenvalue weighted by Crippen LogP contribution is -2.23. The van der Waals surface area contributed by atoms with Gasteiger partial charge in [-0.05, 0) is 29.3 Å². The maximum atomic E-state index is 11.4. The van der Waals surface area contributed by atoms with Gasteiger partial charge >= 0.3 is 6.09 Å². The molecule has 0 saturated carbocycles. The second-order valence-corrected chi connectivity index (χ2v) is 4.90. The average Bonchev–Trinajstić information content (AvgIpc) is 2.68. The number of amides is 1. The summed E-state index contributed by atoms with van der Waals surface area (Å²) in [6, 6.07) is 32.5. The van der Waals surface area contributed by atoms with E-state index in [0.717, 1.165) is 11.1 Å². The van der Waals surface area contributed by atoms with Crippen molar-refractivity contribution >= 4 is 6.09 Å². The number of benzene rings is 3. The third-order valence-electron chi connectivity index (χ3n) is 3.03. The summed E-state index contributed by atoms with van der Waals surface area (Å²) < 4.78 is 5.09. The van der Waals surface area contributed by atoms with Gasteiger partial charge in [0.2, 0.25) is 0 Å². The summed E-state index contributed by atoms with van der Waals surface area (Å²) >= 11 is 0. The van der Waals surface area contributed by atoms with Gasteiger partial charge in [-0.25, -0.2) is 4.79 Å². The Labute approximate surface area is 142 Å². The standard InChI is InChI=1S/C15H14NO2.C6H5/c17-15(16-11-13-7-3-1-4-8-13)18-12-14-9-5-2-6-10-14;1-2-4-6-5-3-1/h1-3,5-10H,11-12H2,(H,16,17);1-5H. The van der Waals surface area contributed by atoms with Crippen LogP contribution in [0.4, 0.5) is 4.79 Å². The third kappa shape index (κ3) is 7.27. The van der Waals surface area contributed by atoms with E-state index in [2.05, 4.69) is 17.4 Å². The van der Waals surface area contributed by atoms with Crippen molar-refractivity contribution in [1.29, 1.82) is 0 Å². The number of ether oxygens (including phenoxy) is 1. The molecule has 24 heavy (non-hydrogen) atoms. The van der Waals surface area contributed by atoms with Crippen molar-refractivity contribution < 1.29 is 9.53 Å². The predicted octanol–water partition coefficient (Wildman–Crippen LogP) is 4.40. The van der Waals surface area contributed by atoms with Crippen LogP contribution < -0.4 is 5.32 Å². The lowest BCUT2D eigenvalue weighted by molar-refractivity contribution is 0.139. The highest BCUT2D eigenvalue weighted by molar-refractivity contribution is 5.67. The summed E-state index contributed by atoms with van der Waals surface area (Å²) in [6.07, 6.45) is -0.414. The third-order valence-corrected chi connectivity index (χ3v) is 3.03. The molecule has 120 valence electrons. The second kappa shape index (κ2) is 10.6. The van der Waals surface area contributed by atoms with E-state index in [9.17, 15) is 4.79 Å². The van der Waals surface area contributed by atoms with E-state index in [1.807, 2.05) is 84.9 Å². The van der Waals surface area contributed by atoms with Crippen molar-refractivity contribution in [2.24, 2.45) is 0 Å². The molecule has 1 N–H and O–H groups in total. The maximum Gasteiger partial charge on any atom is 0.407 e. The molecule has 0 atom stereocenters. The smallest absolute Gasteiger partial charge is 0.407 e. The number of carbonyl (C=O) groups excluding carboxylic acids is 1. The van der Waals surface area contributed by atoms with Gasteiger partial charge in [0.1, 0.15) is 6.61 Å². The normalized spacial score (nSPS) is 9.33. The van der Waals surface area contributed by atoms with Crippen LogP contribution in [0.25, 0.3) is 0 Å². The van der Waals surface area contributed by atoms with Crippen LogP contribution >= 0.6 is 0 Å². The van der Waals surface area contributed by atoms with Gasteiger partial charge in [0, 0.05) is 6.54 Å². The zero-order chi connectivity index (χ0) is 16.9. The monoisotopic (exact) mass is 317 g/mol. The number of carbonyl (C=O) groups is 1. The molecule has 0 fully saturated rings. The predicted molar refractivity (Wildman–Crippen MR) is 94.0 cm³/mol. The summed E-state index contributed by atoms with van der Waals surface area (Å²) in [5, 5.41) is 2.69. The summed E-state index contributed by atoms with van der Waals surface area (Å²) in [5.74, 6) is 0. The molecule has 2 radical (unpaired) electrons. The number of alkyl carbamates (subject to hydrolysis) is 1. The van der Waals surface area contributed by atoms with Gasteiger partial charge in [-0.15, -0.1) is 0 Å². The average molecular weight is 317 g/mol. The van der Waals surface area contributed by atoms with Crippen LogP contribution in [0.5, 0.6) is 0 Å². The van der Waals surface area contributed by atoms with Crippen LogP contribution in [0.1, 0.15) is 11.1 Å². The molecule has 0 saturated heterocycles. The molecule has 0 aliphatic heterocycles. The Morgan fingerprint density at radius 1 is 0.833 bits per heavy atom. The number of nitrogens with one attached hydrogen (secondary N) is 1. The Balaban J connectivity index is 0.000000292. The van der Waals surface area contributed by atoms with Crippen LogP contribution in [0, 0.1) is 12.1 Å². The van der Waals surface area contributed by atoms with Crippen molar-refractivity contribution in [3.05, 3.63) is 108 Å². The molecule has 3 rings (SSSR count). The lowest BCUT2D eigenvalue weighted by Gasteiger charge is -2.06. The van der Waals surface area contributed by atoms with E-state index in [-0.39, 0.29) is 6.61 Å². The first-order chi connectivity index (χ1) is 11.8. The van der Waals surface area contributed by atoms with Gasteiger partial charge in [0.25, 0.3) is 0 Å². The molecule has 0 aromatic heterocycles. The molecular weight excluding hydrogens is 298 g/mol. The molecule has 3 aromatic rings. The van der Waals surface area contributed by atoms with Crippen LogP contribution in [0.2, 0.25) is 0 Å². The minimum Gasteiger partial charge on any atom is -0.445 e. The molecule has 0 aliphatic rings. The molecule has 3 nitrogen and oxygen atoms in total. The largest absolute Gasteiger partial charge is 0.445 e. The molecule has 0 heterocycles. The fourth-order valence-corrected chi connectivity index (χ4v) is 1.83. The van der Waals surface area contributed by atoms with Crippen LogP contribution in [-0.2, 0) is 17.9 Å². The summed E-state index contributed by atoms with van der Waals surface area (Å²) in [5.41, 5.74) is 1.97. The minimum absolute atomic E-state index is 0.285. The topological polar surface area (TPSA) is 38.3 Å². The Morgan fingerprint density at radius 3 is 2.08 bits per heavy atom. The summed E-state index contributed by atoms with van der Waals surface area (Å²) in [4.78, 5) is 11.4. The van der Waals surface area contributed by atoms with Gasteiger partial charge in [-0.2, -0.15) is 0 Å². The van der Waals surface area contributed by atoms with Crippen LogP contribution in [-0.4, -0.2) is 6.09 Å². The number of hydrogen-bond acceptors (Lipinski definition) is 2. The van der Waals surface area contributed by atoms with Crippen molar-refractivity contribution in [2.75, 3.05) is 0 Å². The van der Waals surface area contributed by atoms with Crippen LogP contribution in [0.15, 0.2) is 84.9 Å². The molecule has 1 amide bonds. The lowest BCUT2D eigenvalue weighted by atomic mass is 10.2. The van der Waals surface area contributed by atoms with E-state index >= 15 is 0 Å². The van der Waals surface area contributed by atoms with Gasteiger partial charge in [0.15, 0.2) is 0 Å². The van der Waals surface area contributed by atoms with E-state index in [4.69, 9.17) is 4.74 Å². The van der Waals surface area contributed by atoms with E-state index in [0.29, 0.717) is 6.54 Å². The SMILES string of the molecule is O=C(NCc1c[c]ccc1)OCc1ccccc1.[c]1ccccc1. The number of rotatable bonds is 4. The first kappa shape index (κ1) is 17.3. The van der Waals surface area contributed by atoms with Crippen molar-refractivity contribution in [3.63, 3.8) is 0 Å². The fourth-order valence-electron chi connectivity index (χ4n) is 1.83. The van der Waals surface area contributed by atoms with Gasteiger partial charge in [0.05, 0.1) is 0 Å². The molecular formula is C21H19NO2. The molecule has 0 bridgehead atoms. The van der Waals surface area contributed by atoms with Gasteiger partial charge in [-0.3, -0.25) is 0 Å². The Hall–Kier alpha value is -3.07. The molecule has 0 unspecified atom stereocenters. The highest BCUT2D eigenvalue weighted by Gasteiger charge is 2.01. The second-order valence-electron chi connectivity index (χ2n) is 4.90. The summed E-state index contributed by atoms with van der Waals surface area (Å²) in [6.45, 7) is 0.735. The van der Waals surface area contributed by atoms with E-state index in [1.165, 1.54) is 0 Å². The zero-order valence-electron chi connectivity index (χ0n) is 13.3. The molecule has 0 spiro atoms. The zero-order valence-corrected chi connectivity index (χ0v) is 13.3. The first-order valence-electron chi connectivity index (χ1n) is 7.65. The first-order valence-corrected chi connectivity index (χ1v) is 7.65. The van der Waals surface area contributed by atoms with Crippen molar-refractivity contribution in [2.45, 2.75) is 13.2 Å². The van der Waals surface area contributed by atoms with Gasteiger partial charge in [-0.1, -0.05) is 78.9 Å². The Morgan fingerprint density at radius 2 is 1.50 bits per heavy atom. The Kier molecular flexibility index (Phi) is 7.65. The van der Waals surface area contributed by atoms with E-state index in [1.54, 1.807) is 0 Å². The summed E-state index contributed by atoms with van der Waals surface area (Å²) in [7, 11) is 0. The minimum atomic E-state index is -0.414. The number of hydrogen-bond donors (Lipinski definition) is 1. The molecule has 3 aromatic carbocycles. The highest BCUT2D eigenvalue weighted by Crippen LogP contribution is 2.01. The van der Waals surface area contributed by atoms with Crippen molar-refractivity contribution in [1.82, 2.24) is 5.32 Å². The van der Waals surface area contributed by atoms with Crippen molar-refractivity contribution in [3.8, 4) is 0 Å². The van der Waals surface area contributed by atoms with E-state index < -0.39 is 6.09 Å². The molecule has 3 heteroatoms. The van der Waals surface area contributed by atoms with Crippen LogP contribution in [0.3, 0.4) is 0 Å². The quantitative estimate of drug-likeness (QED) is 0.774.